The Balaban J connectivity index is 1.13. The summed E-state index contributed by atoms with van der Waals surface area (Å²) in [5.41, 5.74) is 11.4. The standard InChI is InChI=1S/C57H84N8O8Si/c1-12-64-50-23-22-42(63-29-30-71-44(36-63)33-49(59-55(68)72-37-40-17-14-13-15-18-40)53(66)65-24-16-19-48(60-65)54(67)70-9)31-45(50)47(34-57(6,7)38-73-74(10,11)56(3,4)5)52(64)46-32-43(35-58-51(46)39(2)69-8)62-27-25-61(26-28-62)41-20-21-41/h13-15,17-18,22-23,31-32,35,39,41,44,48-49,60H,12,16,19-21,24-30,33-34,36-38H2,1-11H3,(H,59,68)/t39-,44-,48-,49-/m0/s1. The number of piperazine rings is 1. The Bertz CT molecular complexity index is 2570. The number of methoxy groups -OCH3 is 2. The summed E-state index contributed by atoms with van der Waals surface area (Å²) >= 11 is 0. The van der Waals surface area contributed by atoms with Crippen LogP contribution in [0.2, 0.25) is 18.1 Å². The van der Waals surface area contributed by atoms with E-state index in [9.17, 15) is 14.4 Å². The van der Waals surface area contributed by atoms with Crippen molar-refractivity contribution in [1.29, 1.82) is 0 Å². The number of nitrogens with zero attached hydrogens (tertiary/aromatic N) is 6. The SMILES string of the molecule is CCn1c(-c2cc(N3CCN(C4CC4)CC3)cnc2[C@H](C)OC)c(CC(C)(C)CO[Si](C)(C)C(C)(C)C)c2cc(N3CCO[C@@H](C[C@H](NC(=O)OCc4ccccc4)C(=O)N4CCC[C@@H](C(=O)OC)N4)C3)ccc21. The Morgan fingerprint density at radius 1 is 0.919 bits per heavy atom. The summed E-state index contributed by atoms with van der Waals surface area (Å²) in [5, 5.41) is 5.55. The van der Waals surface area contributed by atoms with E-state index >= 15 is 0 Å². The number of rotatable bonds is 19. The maximum Gasteiger partial charge on any atom is 0.408 e. The van der Waals surface area contributed by atoms with Crippen LogP contribution in [0.5, 0.6) is 0 Å². The molecule has 0 spiro atoms. The van der Waals surface area contributed by atoms with Gasteiger partial charge in [0.2, 0.25) is 0 Å². The van der Waals surface area contributed by atoms with E-state index in [1.54, 1.807) is 7.11 Å². The Hall–Kier alpha value is -5.04. The van der Waals surface area contributed by atoms with Crippen LogP contribution in [0.4, 0.5) is 16.2 Å². The van der Waals surface area contributed by atoms with Gasteiger partial charge < -0.3 is 43.1 Å². The molecule has 8 rings (SSSR count). The minimum atomic E-state index is -2.07. The van der Waals surface area contributed by atoms with E-state index < -0.39 is 38.6 Å². The van der Waals surface area contributed by atoms with Crippen molar-refractivity contribution < 1.29 is 37.8 Å². The van der Waals surface area contributed by atoms with Gasteiger partial charge in [-0.3, -0.25) is 24.5 Å². The first-order valence-corrected chi connectivity index (χ1v) is 30.0. The van der Waals surface area contributed by atoms with Gasteiger partial charge in [-0.2, -0.15) is 0 Å². The second-order valence-corrected chi connectivity index (χ2v) is 28.0. The number of fused-ring (bicyclic) bond motifs is 1. The van der Waals surface area contributed by atoms with Gasteiger partial charge in [0.15, 0.2) is 8.32 Å². The number of hydrogen-bond donors (Lipinski definition) is 2. The van der Waals surface area contributed by atoms with Crippen LogP contribution in [0.3, 0.4) is 0 Å². The molecule has 5 heterocycles. The number of aryl methyl sites for hydroxylation is 1. The van der Waals surface area contributed by atoms with Gasteiger partial charge in [-0.05, 0) is 105 Å². The molecule has 2 amide bonds. The van der Waals surface area contributed by atoms with E-state index in [4.69, 9.17) is 28.4 Å². The number of esters is 1. The number of hydrogen-bond acceptors (Lipinski definition) is 13. The first kappa shape index (κ1) is 55.2. The third kappa shape index (κ3) is 13.0. The van der Waals surface area contributed by atoms with Gasteiger partial charge in [-0.25, -0.2) is 10.2 Å². The minimum absolute atomic E-state index is 0.0484. The van der Waals surface area contributed by atoms with Crippen molar-refractivity contribution in [2.45, 2.75) is 149 Å². The molecule has 74 heavy (non-hydrogen) atoms. The molecule has 16 nitrogen and oxygen atoms in total. The van der Waals surface area contributed by atoms with Gasteiger partial charge in [0.1, 0.15) is 18.7 Å². The summed E-state index contributed by atoms with van der Waals surface area (Å²) in [5.74, 6) is -0.824. The van der Waals surface area contributed by atoms with Crippen molar-refractivity contribution in [3.63, 3.8) is 0 Å². The van der Waals surface area contributed by atoms with Gasteiger partial charge in [-0.1, -0.05) is 65.0 Å². The molecule has 3 aliphatic heterocycles. The molecule has 2 aromatic carbocycles. The summed E-state index contributed by atoms with van der Waals surface area (Å²) < 4.78 is 32.6. The molecule has 0 unspecified atom stereocenters. The quantitative estimate of drug-likeness (QED) is 0.0680. The van der Waals surface area contributed by atoms with Crippen LogP contribution >= 0.6 is 0 Å². The number of aromatic nitrogens is 2. The molecule has 0 radical (unpaired) electrons. The van der Waals surface area contributed by atoms with Crippen molar-refractivity contribution in [2.75, 3.05) is 83.0 Å². The number of alkyl carbamates (subject to hydrolysis) is 1. The fourth-order valence-corrected chi connectivity index (χ4v) is 11.7. The lowest BCUT2D eigenvalue weighted by Crippen LogP contribution is -2.60. The zero-order chi connectivity index (χ0) is 53.0. The van der Waals surface area contributed by atoms with E-state index in [1.165, 1.54) is 35.9 Å². The third-order valence-corrected chi connectivity index (χ3v) is 20.6. The summed E-state index contributed by atoms with van der Waals surface area (Å²) in [6, 6.07) is 17.7. The number of amides is 2. The summed E-state index contributed by atoms with van der Waals surface area (Å²) in [4.78, 5) is 53.1. The lowest BCUT2D eigenvalue weighted by molar-refractivity contribution is -0.150. The zero-order valence-electron chi connectivity index (χ0n) is 46.1. The van der Waals surface area contributed by atoms with Crippen molar-refractivity contribution in [3.8, 4) is 11.3 Å². The summed E-state index contributed by atoms with van der Waals surface area (Å²) in [6.45, 7) is 27.9. The van der Waals surface area contributed by atoms with E-state index in [0.29, 0.717) is 45.7 Å². The fourth-order valence-electron chi connectivity index (χ4n) is 10.5. The van der Waals surface area contributed by atoms with Gasteiger partial charge in [0, 0.05) is 101 Å². The van der Waals surface area contributed by atoms with Crippen LogP contribution in [-0.4, -0.2) is 143 Å². The number of pyridine rings is 1. The molecule has 4 aromatic rings. The van der Waals surface area contributed by atoms with E-state index in [0.717, 1.165) is 84.6 Å². The number of ether oxygens (including phenoxy) is 4. The third-order valence-electron chi connectivity index (χ3n) is 16.1. The molecular weight excluding hydrogens is 953 g/mol. The highest BCUT2D eigenvalue weighted by Gasteiger charge is 2.40. The van der Waals surface area contributed by atoms with E-state index in [-0.39, 0.29) is 35.5 Å². The van der Waals surface area contributed by atoms with E-state index in [2.05, 4.69) is 116 Å². The summed E-state index contributed by atoms with van der Waals surface area (Å²) in [6.07, 6.45) is 5.36. The Morgan fingerprint density at radius 2 is 1.66 bits per heavy atom. The molecule has 17 heteroatoms. The van der Waals surface area contributed by atoms with Crippen LogP contribution in [0.1, 0.15) is 103 Å². The second-order valence-electron chi connectivity index (χ2n) is 23.2. The molecule has 4 atom stereocenters. The van der Waals surface area contributed by atoms with Crippen LogP contribution in [0.25, 0.3) is 22.2 Å². The molecule has 2 N–H and O–H groups in total. The highest BCUT2D eigenvalue weighted by Crippen LogP contribution is 2.44. The molecule has 3 saturated heterocycles. The van der Waals surface area contributed by atoms with Gasteiger partial charge in [0.25, 0.3) is 5.91 Å². The lowest BCUT2D eigenvalue weighted by Gasteiger charge is -2.39. The number of morpholine rings is 1. The molecular formula is C57H84N8O8Si. The maximum absolute atomic E-state index is 14.4. The largest absolute Gasteiger partial charge is 0.468 e. The van der Waals surface area contributed by atoms with Gasteiger partial charge in [-0.15, -0.1) is 0 Å². The molecule has 1 aliphatic carbocycles. The number of benzene rings is 2. The predicted octanol–water partition coefficient (Wildman–Crippen LogP) is 8.86. The average Bonchev–Trinajstić information content (AvgIpc) is 4.21. The number of anilines is 2. The lowest BCUT2D eigenvalue weighted by atomic mass is 9.84. The first-order valence-electron chi connectivity index (χ1n) is 27.1. The monoisotopic (exact) mass is 1040 g/mol. The Kier molecular flexibility index (Phi) is 17.5. The van der Waals surface area contributed by atoms with E-state index in [1.807, 2.05) is 36.5 Å². The predicted molar refractivity (Wildman–Crippen MR) is 294 cm³/mol. The topological polar surface area (TPSA) is 152 Å². The maximum atomic E-state index is 14.4. The van der Waals surface area contributed by atoms with Crippen LogP contribution in [-0.2, 0) is 52.5 Å². The molecule has 0 bridgehead atoms. The molecule has 4 aliphatic rings. The van der Waals surface area contributed by atoms with Crippen LogP contribution in [0.15, 0.2) is 60.8 Å². The highest BCUT2D eigenvalue weighted by molar-refractivity contribution is 6.74. The molecule has 2 aromatic heterocycles. The Labute approximate surface area is 440 Å². The number of carbonyl (C=O) groups is 3. The van der Waals surface area contributed by atoms with Crippen LogP contribution < -0.4 is 20.5 Å². The number of nitrogens with one attached hydrogen (secondary N) is 2. The average molecular weight is 1040 g/mol. The number of carbonyl (C=O) groups excluding carboxylic acids is 3. The second kappa shape index (κ2) is 23.5. The van der Waals surface area contributed by atoms with Crippen LogP contribution in [0, 0.1) is 5.41 Å². The minimum Gasteiger partial charge on any atom is -0.468 e. The Morgan fingerprint density at radius 3 is 2.34 bits per heavy atom. The van der Waals surface area contributed by atoms with Gasteiger partial charge >= 0.3 is 12.1 Å². The summed E-state index contributed by atoms with van der Waals surface area (Å²) in [7, 11) is 1.03. The number of hydrazine groups is 1. The van der Waals surface area contributed by atoms with Crippen molar-refractivity contribution in [2.24, 2.45) is 5.41 Å². The molecule has 1 saturated carbocycles. The fraction of sp³-hybridized carbons (Fsp3) is 0.614. The smallest absolute Gasteiger partial charge is 0.408 e. The molecule has 404 valence electrons. The molecule has 4 fully saturated rings. The van der Waals surface area contributed by atoms with Crippen molar-refractivity contribution >= 4 is 48.6 Å². The first-order chi connectivity index (χ1) is 35.3. The zero-order valence-corrected chi connectivity index (χ0v) is 47.1. The van der Waals surface area contributed by atoms with Crippen molar-refractivity contribution in [1.82, 2.24) is 30.2 Å². The highest BCUT2D eigenvalue weighted by atomic mass is 28.4. The van der Waals surface area contributed by atoms with Gasteiger partial charge in [0.05, 0.1) is 49.2 Å². The normalized spacial score (nSPS) is 20.1. The van der Waals surface area contributed by atoms with Crippen molar-refractivity contribution in [3.05, 3.63) is 77.6 Å².